The molecule has 10 heteroatoms. The summed E-state index contributed by atoms with van der Waals surface area (Å²) in [4.78, 5) is 48.5. The lowest BCUT2D eigenvalue weighted by Crippen LogP contribution is -2.53. The van der Waals surface area contributed by atoms with Crippen LogP contribution in [0.25, 0.3) is 0 Å². The number of hydrazine groups is 1. The second-order valence-corrected chi connectivity index (χ2v) is 9.31. The number of nitrogens with one attached hydrogen (secondary N) is 3. The van der Waals surface area contributed by atoms with E-state index in [2.05, 4.69) is 16.2 Å². The lowest BCUT2D eigenvalue weighted by atomic mass is 10.1. The maximum atomic E-state index is 12.6. The molecular formula is C23H35N3O7. The van der Waals surface area contributed by atoms with E-state index < -0.39 is 41.2 Å². The molecule has 0 radical (unpaired) electrons. The van der Waals surface area contributed by atoms with Crippen LogP contribution < -0.4 is 16.2 Å². The van der Waals surface area contributed by atoms with Crippen molar-refractivity contribution in [2.45, 2.75) is 78.2 Å². The minimum atomic E-state index is -1.02. The summed E-state index contributed by atoms with van der Waals surface area (Å²) >= 11 is 0. The Kier molecular flexibility index (Phi) is 10.8. The Bertz CT molecular complexity index is 799. The first kappa shape index (κ1) is 27.9. The lowest BCUT2D eigenvalue weighted by molar-refractivity contribution is -0.154. The highest BCUT2D eigenvalue weighted by molar-refractivity contribution is 5.86. The van der Waals surface area contributed by atoms with Crippen molar-refractivity contribution in [3.8, 4) is 0 Å². The van der Waals surface area contributed by atoms with Crippen molar-refractivity contribution in [2.75, 3.05) is 6.54 Å². The van der Waals surface area contributed by atoms with Crippen LogP contribution in [-0.4, -0.2) is 47.7 Å². The predicted octanol–water partition coefficient (Wildman–Crippen LogP) is 2.37. The molecule has 1 rings (SSSR count). The van der Waals surface area contributed by atoms with E-state index in [-0.39, 0.29) is 26.0 Å². The quantitative estimate of drug-likeness (QED) is 0.273. The minimum Gasteiger partial charge on any atom is -0.461 e. The average Bonchev–Trinajstić information content (AvgIpc) is 2.68. The molecule has 1 aromatic carbocycles. The van der Waals surface area contributed by atoms with Crippen molar-refractivity contribution in [1.82, 2.24) is 16.2 Å². The van der Waals surface area contributed by atoms with Gasteiger partial charge in [0.25, 0.3) is 0 Å². The SMILES string of the molecule is CC(C)(C)OC(=O)CNC(=O)C(CCC(=O)OCc1ccccc1)NNC(=O)OC(C)(C)C. The fourth-order valence-corrected chi connectivity index (χ4v) is 2.45. The summed E-state index contributed by atoms with van der Waals surface area (Å²) < 4.78 is 15.5. The number of carbonyl (C=O) groups excluding carboxylic acids is 4. The standard InChI is InChI=1S/C23H35N3O7/c1-22(2,3)32-19(28)14-24-20(29)17(25-26-21(30)33-23(4,5)6)12-13-18(27)31-15-16-10-8-7-9-11-16/h7-11,17,25H,12-15H2,1-6H3,(H,24,29)(H,26,30). The van der Waals surface area contributed by atoms with E-state index in [1.165, 1.54) is 0 Å². The van der Waals surface area contributed by atoms with Crippen LogP contribution in [-0.2, 0) is 35.2 Å². The third kappa shape index (κ3) is 13.8. The van der Waals surface area contributed by atoms with E-state index in [1.54, 1.807) is 41.5 Å². The summed E-state index contributed by atoms with van der Waals surface area (Å²) in [6, 6.07) is 8.15. The first-order valence-electron chi connectivity index (χ1n) is 10.7. The van der Waals surface area contributed by atoms with Crippen molar-refractivity contribution in [3.05, 3.63) is 35.9 Å². The minimum absolute atomic E-state index is 0.00354. The largest absolute Gasteiger partial charge is 0.461 e. The van der Waals surface area contributed by atoms with E-state index in [0.29, 0.717) is 0 Å². The van der Waals surface area contributed by atoms with Crippen LogP contribution in [0.1, 0.15) is 59.9 Å². The van der Waals surface area contributed by atoms with Crippen LogP contribution in [0.5, 0.6) is 0 Å². The normalized spacial score (nSPS) is 12.3. The maximum Gasteiger partial charge on any atom is 0.422 e. The fourth-order valence-electron chi connectivity index (χ4n) is 2.45. The molecule has 0 aromatic heterocycles. The van der Waals surface area contributed by atoms with E-state index in [9.17, 15) is 19.2 Å². The van der Waals surface area contributed by atoms with Crippen LogP contribution in [0.3, 0.4) is 0 Å². The van der Waals surface area contributed by atoms with Gasteiger partial charge < -0.3 is 19.5 Å². The molecule has 2 amide bonds. The van der Waals surface area contributed by atoms with Gasteiger partial charge in [-0.3, -0.25) is 19.8 Å². The van der Waals surface area contributed by atoms with Crippen molar-refractivity contribution < 1.29 is 33.4 Å². The van der Waals surface area contributed by atoms with E-state index in [0.717, 1.165) is 5.56 Å². The van der Waals surface area contributed by atoms with Gasteiger partial charge in [-0.1, -0.05) is 30.3 Å². The zero-order valence-corrected chi connectivity index (χ0v) is 20.2. The van der Waals surface area contributed by atoms with Gasteiger partial charge in [0.15, 0.2) is 0 Å². The van der Waals surface area contributed by atoms with Gasteiger partial charge in [0.2, 0.25) is 5.91 Å². The van der Waals surface area contributed by atoms with Crippen molar-refractivity contribution in [1.29, 1.82) is 0 Å². The maximum absolute atomic E-state index is 12.6. The Balaban J connectivity index is 2.63. The van der Waals surface area contributed by atoms with Gasteiger partial charge in [-0.05, 0) is 53.5 Å². The average molecular weight is 466 g/mol. The summed E-state index contributed by atoms with van der Waals surface area (Å²) in [5, 5.41) is 2.44. The highest BCUT2D eigenvalue weighted by atomic mass is 16.6. The molecule has 0 bridgehead atoms. The molecule has 0 fully saturated rings. The van der Waals surface area contributed by atoms with Gasteiger partial charge >= 0.3 is 18.0 Å². The third-order valence-electron chi connectivity index (χ3n) is 3.77. The number of benzene rings is 1. The number of hydrogen-bond acceptors (Lipinski definition) is 8. The van der Waals surface area contributed by atoms with Crippen LogP contribution in [0, 0.1) is 0 Å². The third-order valence-corrected chi connectivity index (χ3v) is 3.77. The molecule has 1 atom stereocenters. The molecule has 0 saturated heterocycles. The monoisotopic (exact) mass is 465 g/mol. The van der Waals surface area contributed by atoms with E-state index in [1.807, 2.05) is 30.3 Å². The number of ether oxygens (including phenoxy) is 3. The van der Waals surface area contributed by atoms with Crippen molar-refractivity contribution in [3.63, 3.8) is 0 Å². The number of hydrogen-bond donors (Lipinski definition) is 3. The number of carbonyl (C=O) groups is 4. The topological polar surface area (TPSA) is 132 Å². The molecule has 1 unspecified atom stereocenters. The van der Waals surface area contributed by atoms with Gasteiger partial charge in [-0.15, -0.1) is 0 Å². The summed E-state index contributed by atoms with van der Waals surface area (Å²) in [5.74, 6) is -1.73. The molecule has 0 heterocycles. The zero-order valence-electron chi connectivity index (χ0n) is 20.2. The Morgan fingerprint density at radius 1 is 0.879 bits per heavy atom. The summed E-state index contributed by atoms with van der Waals surface area (Å²) in [6.07, 6.45) is -0.886. The second-order valence-electron chi connectivity index (χ2n) is 9.31. The first-order chi connectivity index (χ1) is 15.2. The molecule has 0 spiro atoms. The molecule has 0 aliphatic heterocycles. The molecule has 0 aliphatic carbocycles. The van der Waals surface area contributed by atoms with Crippen molar-refractivity contribution in [2.24, 2.45) is 0 Å². The Labute approximate surface area is 194 Å². The van der Waals surface area contributed by atoms with Crippen LogP contribution >= 0.6 is 0 Å². The zero-order chi connectivity index (χ0) is 25.1. The lowest BCUT2D eigenvalue weighted by Gasteiger charge is -2.23. The molecule has 3 N–H and O–H groups in total. The van der Waals surface area contributed by atoms with Crippen LogP contribution in [0.4, 0.5) is 4.79 Å². The van der Waals surface area contributed by atoms with Crippen molar-refractivity contribution >= 4 is 23.9 Å². The highest BCUT2D eigenvalue weighted by Gasteiger charge is 2.24. The van der Waals surface area contributed by atoms with Gasteiger partial charge in [-0.2, -0.15) is 0 Å². The molecule has 0 saturated carbocycles. The number of rotatable bonds is 10. The molecule has 0 aliphatic rings. The molecule has 33 heavy (non-hydrogen) atoms. The smallest absolute Gasteiger partial charge is 0.422 e. The molecule has 1 aromatic rings. The summed E-state index contributed by atoms with van der Waals surface area (Å²) in [5.41, 5.74) is 4.24. The van der Waals surface area contributed by atoms with Crippen LogP contribution in [0.2, 0.25) is 0 Å². The van der Waals surface area contributed by atoms with E-state index in [4.69, 9.17) is 14.2 Å². The first-order valence-corrected chi connectivity index (χ1v) is 10.7. The van der Waals surface area contributed by atoms with E-state index >= 15 is 0 Å². The van der Waals surface area contributed by atoms with Gasteiger partial charge in [-0.25, -0.2) is 10.2 Å². The highest BCUT2D eigenvalue weighted by Crippen LogP contribution is 2.08. The molecule has 184 valence electrons. The predicted molar refractivity (Wildman–Crippen MR) is 121 cm³/mol. The Morgan fingerprint density at radius 2 is 1.48 bits per heavy atom. The summed E-state index contributed by atoms with van der Waals surface area (Å²) in [7, 11) is 0. The Morgan fingerprint density at radius 3 is 2.06 bits per heavy atom. The second kappa shape index (κ2) is 12.8. The number of amides is 2. The molecular weight excluding hydrogens is 430 g/mol. The number of esters is 2. The Hall–Kier alpha value is -3.14. The fraction of sp³-hybridized carbons (Fsp3) is 0.565. The summed E-state index contributed by atoms with van der Waals surface area (Å²) in [6.45, 7) is 9.97. The molecule has 10 nitrogen and oxygen atoms in total. The van der Waals surface area contributed by atoms with Gasteiger partial charge in [0, 0.05) is 6.42 Å². The van der Waals surface area contributed by atoms with Gasteiger partial charge in [0.05, 0.1) is 0 Å². The van der Waals surface area contributed by atoms with Crippen LogP contribution in [0.15, 0.2) is 30.3 Å². The van der Waals surface area contributed by atoms with Gasteiger partial charge in [0.1, 0.15) is 30.4 Å².